The van der Waals surface area contributed by atoms with Gasteiger partial charge in [-0.05, 0) is 61.1 Å². The van der Waals surface area contributed by atoms with Crippen LogP contribution in [0.3, 0.4) is 0 Å². The second-order valence-corrected chi connectivity index (χ2v) is 8.92. The van der Waals surface area contributed by atoms with Crippen LogP contribution in [-0.4, -0.2) is 26.3 Å². The number of nitrogens with one attached hydrogen (secondary N) is 2. The molecule has 3 rings (SSSR count). The minimum absolute atomic E-state index is 0.304. The molecule has 0 bridgehead atoms. The molecule has 2 nitrogen and oxygen atoms in total. The highest BCUT2D eigenvalue weighted by atomic mass is 19.4. The molecular formula is C22H31F3N2. The van der Waals surface area contributed by atoms with E-state index in [-0.39, 0.29) is 0 Å². The first-order valence-electron chi connectivity index (χ1n) is 9.85. The quantitative estimate of drug-likeness (QED) is 0.625. The molecule has 4 unspecified atom stereocenters. The van der Waals surface area contributed by atoms with E-state index in [0.717, 1.165) is 19.4 Å². The predicted molar refractivity (Wildman–Crippen MR) is 104 cm³/mol. The number of alkyl halides is 3. The lowest BCUT2D eigenvalue weighted by Crippen LogP contribution is -2.40. The standard InChI is InChI=1S/C22H31F3N2/c1-15-6-5-8-21(11-15)12-18(21)13-27-14-20(3)9-7-17(16(2)26-4)10-19(20)22(23,24)25/h5,7-8,10,15,18,26-27H,2,6,9,11-14H2,1,3-4H3. The number of hydrogen-bond acceptors (Lipinski definition) is 2. The van der Waals surface area contributed by atoms with Gasteiger partial charge in [0.05, 0.1) is 0 Å². The summed E-state index contributed by atoms with van der Waals surface area (Å²) >= 11 is 0. The predicted octanol–water partition coefficient (Wildman–Crippen LogP) is 5.13. The second kappa shape index (κ2) is 7.16. The summed E-state index contributed by atoms with van der Waals surface area (Å²) in [4.78, 5) is 0. The molecule has 0 aliphatic heterocycles. The molecule has 0 saturated heterocycles. The Balaban J connectivity index is 1.63. The third-order valence-corrected chi connectivity index (χ3v) is 6.58. The third kappa shape index (κ3) is 4.18. The van der Waals surface area contributed by atoms with Gasteiger partial charge in [0.15, 0.2) is 0 Å². The second-order valence-electron chi connectivity index (χ2n) is 8.92. The Labute approximate surface area is 160 Å². The largest absolute Gasteiger partial charge is 0.413 e. The molecule has 4 atom stereocenters. The summed E-state index contributed by atoms with van der Waals surface area (Å²) in [5.41, 5.74) is -0.0610. The Morgan fingerprint density at radius 1 is 1.33 bits per heavy atom. The lowest BCUT2D eigenvalue weighted by atomic mass is 9.74. The van der Waals surface area contributed by atoms with Gasteiger partial charge in [-0.3, -0.25) is 0 Å². The van der Waals surface area contributed by atoms with Crippen molar-refractivity contribution in [1.29, 1.82) is 0 Å². The maximum atomic E-state index is 13.7. The summed E-state index contributed by atoms with van der Waals surface area (Å²) in [7, 11) is 1.67. The van der Waals surface area contributed by atoms with Crippen LogP contribution in [0.5, 0.6) is 0 Å². The van der Waals surface area contributed by atoms with Gasteiger partial charge in [0.2, 0.25) is 0 Å². The first-order chi connectivity index (χ1) is 12.6. The van der Waals surface area contributed by atoms with Gasteiger partial charge in [0, 0.05) is 30.3 Å². The van der Waals surface area contributed by atoms with Crippen molar-refractivity contribution in [1.82, 2.24) is 10.6 Å². The summed E-state index contributed by atoms with van der Waals surface area (Å²) < 4.78 is 41.2. The molecule has 0 aromatic carbocycles. The van der Waals surface area contributed by atoms with E-state index in [2.05, 4.69) is 36.3 Å². The van der Waals surface area contributed by atoms with Gasteiger partial charge >= 0.3 is 6.18 Å². The zero-order chi connectivity index (χ0) is 19.9. The van der Waals surface area contributed by atoms with Crippen molar-refractivity contribution >= 4 is 0 Å². The van der Waals surface area contributed by atoms with E-state index in [1.807, 2.05) is 6.08 Å². The molecule has 150 valence electrons. The highest BCUT2D eigenvalue weighted by Crippen LogP contribution is 2.59. The molecular weight excluding hydrogens is 349 g/mol. The molecule has 1 spiro atoms. The minimum atomic E-state index is -4.34. The molecule has 0 radical (unpaired) electrons. The van der Waals surface area contributed by atoms with E-state index < -0.39 is 17.2 Å². The molecule has 2 N–H and O–H groups in total. The molecule has 27 heavy (non-hydrogen) atoms. The lowest BCUT2D eigenvalue weighted by Gasteiger charge is -2.36. The van der Waals surface area contributed by atoms with E-state index in [0.29, 0.717) is 41.5 Å². The molecule has 0 heterocycles. The van der Waals surface area contributed by atoms with E-state index in [9.17, 15) is 13.2 Å². The molecule has 5 heteroatoms. The molecule has 0 aromatic heterocycles. The van der Waals surface area contributed by atoms with Crippen molar-refractivity contribution in [2.45, 2.75) is 45.7 Å². The fourth-order valence-corrected chi connectivity index (χ4v) is 4.77. The number of allylic oxidation sites excluding steroid dienone is 4. The summed E-state index contributed by atoms with van der Waals surface area (Å²) in [5.74, 6) is 1.26. The topological polar surface area (TPSA) is 24.1 Å². The van der Waals surface area contributed by atoms with Gasteiger partial charge < -0.3 is 10.6 Å². The Bertz CT molecular complexity index is 688. The van der Waals surface area contributed by atoms with Crippen molar-refractivity contribution in [3.8, 4) is 0 Å². The van der Waals surface area contributed by atoms with Gasteiger partial charge in [0.25, 0.3) is 0 Å². The van der Waals surface area contributed by atoms with Gasteiger partial charge in [-0.1, -0.05) is 38.7 Å². The van der Waals surface area contributed by atoms with Crippen LogP contribution in [-0.2, 0) is 0 Å². The van der Waals surface area contributed by atoms with Crippen molar-refractivity contribution in [2.24, 2.45) is 22.7 Å². The van der Waals surface area contributed by atoms with Crippen LogP contribution in [0.2, 0.25) is 0 Å². The Kier molecular flexibility index (Phi) is 5.37. The number of likely N-dealkylation sites (N-methyl/N-ethyl adjacent to an activating group) is 1. The maximum Gasteiger partial charge on any atom is 0.413 e. The van der Waals surface area contributed by atoms with Crippen molar-refractivity contribution in [3.63, 3.8) is 0 Å². The van der Waals surface area contributed by atoms with Crippen LogP contribution in [0.25, 0.3) is 0 Å². The van der Waals surface area contributed by atoms with Crippen LogP contribution < -0.4 is 10.6 Å². The number of hydrogen-bond donors (Lipinski definition) is 2. The minimum Gasteiger partial charge on any atom is -0.388 e. The Hall–Kier alpha value is -1.49. The van der Waals surface area contributed by atoms with Crippen LogP contribution >= 0.6 is 0 Å². The maximum absolute atomic E-state index is 13.7. The lowest BCUT2D eigenvalue weighted by molar-refractivity contribution is -0.106. The summed E-state index contributed by atoms with van der Waals surface area (Å²) in [6, 6.07) is 0. The van der Waals surface area contributed by atoms with E-state index in [1.165, 1.54) is 12.5 Å². The third-order valence-electron chi connectivity index (χ3n) is 6.58. The summed E-state index contributed by atoms with van der Waals surface area (Å²) in [6.45, 7) is 8.90. The average Bonchev–Trinajstić information content (AvgIpc) is 3.24. The molecule has 3 aliphatic carbocycles. The van der Waals surface area contributed by atoms with Crippen molar-refractivity contribution in [3.05, 3.63) is 47.7 Å². The fraction of sp³-hybridized carbons (Fsp3) is 0.636. The van der Waals surface area contributed by atoms with E-state index in [4.69, 9.17) is 0 Å². The van der Waals surface area contributed by atoms with E-state index in [1.54, 1.807) is 14.0 Å². The van der Waals surface area contributed by atoms with Gasteiger partial charge in [-0.15, -0.1) is 0 Å². The first kappa shape index (κ1) is 20.2. The normalized spacial score (nSPS) is 35.6. The highest BCUT2D eigenvalue weighted by Gasteiger charge is 2.53. The fourth-order valence-electron chi connectivity index (χ4n) is 4.77. The van der Waals surface area contributed by atoms with Gasteiger partial charge in [-0.25, -0.2) is 0 Å². The van der Waals surface area contributed by atoms with Crippen LogP contribution in [0, 0.1) is 22.7 Å². The van der Waals surface area contributed by atoms with Crippen LogP contribution in [0.1, 0.15) is 39.5 Å². The summed E-state index contributed by atoms with van der Waals surface area (Å²) in [5, 5.41) is 6.20. The van der Waals surface area contributed by atoms with Crippen molar-refractivity contribution in [2.75, 3.05) is 20.1 Å². The smallest absolute Gasteiger partial charge is 0.388 e. The molecule has 1 fully saturated rings. The molecule has 0 amide bonds. The van der Waals surface area contributed by atoms with Crippen LogP contribution in [0.4, 0.5) is 13.2 Å². The zero-order valence-corrected chi connectivity index (χ0v) is 16.5. The number of rotatable bonds is 6. The van der Waals surface area contributed by atoms with E-state index >= 15 is 0 Å². The average molecular weight is 380 g/mol. The summed E-state index contributed by atoms with van der Waals surface area (Å²) in [6.07, 6.45) is 7.27. The van der Waals surface area contributed by atoms with Crippen molar-refractivity contribution < 1.29 is 13.2 Å². The Morgan fingerprint density at radius 3 is 2.70 bits per heavy atom. The van der Waals surface area contributed by atoms with Crippen LogP contribution in [0.15, 0.2) is 47.7 Å². The molecule has 0 aromatic rings. The molecule has 3 aliphatic rings. The zero-order valence-electron chi connectivity index (χ0n) is 16.5. The van der Waals surface area contributed by atoms with Gasteiger partial charge in [-0.2, -0.15) is 13.2 Å². The molecule has 1 saturated carbocycles. The SMILES string of the molecule is C=C(NC)C1=CCC(C)(CNCC2CC23C=CCC(C)C3)C(C(F)(F)F)=C1. The number of halogens is 3. The first-order valence-corrected chi connectivity index (χ1v) is 9.85. The van der Waals surface area contributed by atoms with Gasteiger partial charge in [0.1, 0.15) is 0 Å². The highest BCUT2D eigenvalue weighted by molar-refractivity contribution is 5.45. The monoisotopic (exact) mass is 380 g/mol. The Morgan fingerprint density at radius 2 is 2.07 bits per heavy atom.